The first-order valence-corrected chi connectivity index (χ1v) is 8.60. The van der Waals surface area contributed by atoms with E-state index in [0.29, 0.717) is 23.4 Å². The van der Waals surface area contributed by atoms with Crippen LogP contribution in [0.4, 0.5) is 0 Å². The zero-order valence-corrected chi connectivity index (χ0v) is 14.8. The number of esters is 1. The van der Waals surface area contributed by atoms with E-state index >= 15 is 0 Å². The Morgan fingerprint density at radius 3 is 2.60 bits per heavy atom. The molecule has 0 aliphatic carbocycles. The summed E-state index contributed by atoms with van der Waals surface area (Å²) in [6.45, 7) is 2.80. The van der Waals surface area contributed by atoms with Crippen LogP contribution < -0.4 is 5.32 Å². The van der Waals surface area contributed by atoms with Gasteiger partial charge in [0.2, 0.25) is 0 Å². The Bertz CT molecular complexity index is 745. The zero-order chi connectivity index (χ0) is 18.2. The first-order chi connectivity index (χ1) is 12.0. The predicted octanol–water partition coefficient (Wildman–Crippen LogP) is 1.57. The average Bonchev–Trinajstić information content (AvgIpc) is 3.08. The smallest absolute Gasteiger partial charge is 0.352 e. The van der Waals surface area contributed by atoms with Gasteiger partial charge in [-0.2, -0.15) is 0 Å². The molecular weight excluding hydrogens is 342 g/mol. The number of benzene rings is 1. The molecule has 1 atom stereocenters. The third kappa shape index (κ3) is 5.46. The highest BCUT2D eigenvalue weighted by Crippen LogP contribution is 2.12. The molecule has 0 spiro atoms. The number of hydrogen-bond donors (Lipinski definition) is 1. The third-order valence-electron chi connectivity index (χ3n) is 3.52. The van der Waals surface area contributed by atoms with Crippen LogP contribution in [0.1, 0.15) is 34.8 Å². The minimum atomic E-state index is -0.662. The molecule has 1 N–H and O–H groups in total. The van der Waals surface area contributed by atoms with E-state index in [0.717, 1.165) is 17.1 Å². The number of nitrogens with zero attached hydrogens (tertiary/aromatic N) is 2. The molecule has 7 nitrogen and oxygen atoms in total. The van der Waals surface area contributed by atoms with Crippen LogP contribution in [-0.2, 0) is 27.2 Å². The highest BCUT2D eigenvalue weighted by Gasteiger charge is 2.21. The molecule has 2 aromatic rings. The summed E-state index contributed by atoms with van der Waals surface area (Å²) in [5, 5.41) is 6.42. The number of ketones is 1. The Morgan fingerprint density at radius 1 is 1.24 bits per heavy atom. The van der Waals surface area contributed by atoms with E-state index in [1.165, 1.54) is 6.92 Å². The summed E-state index contributed by atoms with van der Waals surface area (Å²) >= 11 is 0.933. The topological polar surface area (TPSA) is 98.2 Å². The first-order valence-electron chi connectivity index (χ1n) is 7.83. The second-order valence-corrected chi connectivity index (χ2v) is 6.15. The van der Waals surface area contributed by atoms with Crippen LogP contribution in [0.25, 0.3) is 0 Å². The fourth-order valence-electron chi connectivity index (χ4n) is 2.17. The van der Waals surface area contributed by atoms with Gasteiger partial charge >= 0.3 is 5.97 Å². The second-order valence-electron chi connectivity index (χ2n) is 5.40. The minimum absolute atomic E-state index is 0.163. The van der Waals surface area contributed by atoms with Crippen LogP contribution in [0.15, 0.2) is 30.3 Å². The van der Waals surface area contributed by atoms with E-state index < -0.39 is 24.5 Å². The van der Waals surface area contributed by atoms with Crippen LogP contribution in [0, 0.1) is 0 Å². The number of hydrogen-bond acceptors (Lipinski definition) is 7. The molecule has 0 aliphatic heterocycles. The van der Waals surface area contributed by atoms with Gasteiger partial charge in [0.25, 0.3) is 5.91 Å². The highest BCUT2D eigenvalue weighted by molar-refractivity contribution is 7.07. The van der Waals surface area contributed by atoms with Gasteiger partial charge in [-0.3, -0.25) is 9.59 Å². The predicted molar refractivity (Wildman–Crippen MR) is 92.3 cm³/mol. The van der Waals surface area contributed by atoms with Gasteiger partial charge < -0.3 is 10.1 Å². The van der Waals surface area contributed by atoms with Gasteiger partial charge in [-0.15, -0.1) is 5.10 Å². The molecule has 1 aromatic heterocycles. The van der Waals surface area contributed by atoms with Gasteiger partial charge in [0, 0.05) is 0 Å². The summed E-state index contributed by atoms with van der Waals surface area (Å²) in [7, 11) is 0. The lowest BCUT2D eigenvalue weighted by Gasteiger charge is -2.16. The maximum absolute atomic E-state index is 12.0. The van der Waals surface area contributed by atoms with Gasteiger partial charge in [0.1, 0.15) is 0 Å². The summed E-state index contributed by atoms with van der Waals surface area (Å²) in [6.07, 6.45) is 0.936. The lowest BCUT2D eigenvalue weighted by atomic mass is 10.0. The van der Waals surface area contributed by atoms with Crippen molar-refractivity contribution in [2.24, 2.45) is 0 Å². The number of carbonyl (C=O) groups excluding carboxylic acids is 3. The van der Waals surface area contributed by atoms with Crippen molar-refractivity contribution in [1.82, 2.24) is 14.9 Å². The van der Waals surface area contributed by atoms with E-state index in [1.54, 1.807) is 0 Å². The molecule has 8 heteroatoms. The maximum Gasteiger partial charge on any atom is 0.352 e. The minimum Gasteiger partial charge on any atom is -0.451 e. The summed E-state index contributed by atoms with van der Waals surface area (Å²) in [5.41, 5.74) is 1.48. The van der Waals surface area contributed by atoms with Crippen molar-refractivity contribution in [1.29, 1.82) is 0 Å². The average molecular weight is 361 g/mol. The SMILES string of the molecule is CCc1nnsc1C(=O)OCC(=O)N[C@H](Cc1ccccc1)C(C)=O. The summed E-state index contributed by atoms with van der Waals surface area (Å²) in [4.78, 5) is 36.0. The largest absolute Gasteiger partial charge is 0.451 e. The standard InChI is InChI=1S/C17H19N3O4S/c1-3-13-16(25-20-19-13)17(23)24-10-15(22)18-14(11(2)21)9-12-7-5-4-6-8-12/h4-8,14H,3,9-10H2,1-2H3,(H,18,22)/t14-/m1/s1. The van der Waals surface area contributed by atoms with Gasteiger partial charge in [-0.1, -0.05) is 41.7 Å². The molecule has 0 saturated carbocycles. The molecular formula is C17H19N3O4S. The normalized spacial score (nSPS) is 11.6. The molecule has 0 bridgehead atoms. The molecule has 1 heterocycles. The number of nitrogens with one attached hydrogen (secondary N) is 1. The van der Waals surface area contributed by atoms with E-state index in [4.69, 9.17) is 4.74 Å². The van der Waals surface area contributed by atoms with Crippen molar-refractivity contribution in [3.8, 4) is 0 Å². The fourth-order valence-corrected chi connectivity index (χ4v) is 2.82. The summed E-state index contributed by atoms with van der Waals surface area (Å²) in [6, 6.07) is 8.71. The number of ether oxygens (including phenoxy) is 1. The number of amides is 1. The Hall–Kier alpha value is -2.61. The van der Waals surface area contributed by atoms with Crippen molar-refractivity contribution in [3.05, 3.63) is 46.5 Å². The van der Waals surface area contributed by atoms with Crippen molar-refractivity contribution in [2.75, 3.05) is 6.61 Å². The number of Topliss-reactive ketones (excluding diaryl/α,β-unsaturated/α-hetero) is 1. The van der Waals surface area contributed by atoms with E-state index in [9.17, 15) is 14.4 Å². The zero-order valence-electron chi connectivity index (χ0n) is 14.0. The van der Waals surface area contributed by atoms with Crippen molar-refractivity contribution >= 4 is 29.2 Å². The number of carbonyl (C=O) groups is 3. The van der Waals surface area contributed by atoms with Crippen LogP contribution in [0.2, 0.25) is 0 Å². The van der Waals surface area contributed by atoms with Gasteiger partial charge in [0.05, 0.1) is 11.7 Å². The van der Waals surface area contributed by atoms with Crippen LogP contribution in [0.5, 0.6) is 0 Å². The van der Waals surface area contributed by atoms with E-state index in [2.05, 4.69) is 14.9 Å². The first kappa shape index (κ1) is 18.7. The number of aryl methyl sites for hydroxylation is 1. The van der Waals surface area contributed by atoms with Crippen molar-refractivity contribution in [2.45, 2.75) is 32.7 Å². The Labute approximate surface area is 149 Å². The third-order valence-corrected chi connectivity index (χ3v) is 4.27. The monoisotopic (exact) mass is 361 g/mol. The molecule has 0 radical (unpaired) electrons. The van der Waals surface area contributed by atoms with Crippen molar-refractivity contribution in [3.63, 3.8) is 0 Å². The Kier molecular flexibility index (Phi) is 6.76. The molecule has 1 amide bonds. The van der Waals surface area contributed by atoms with E-state index in [-0.39, 0.29) is 5.78 Å². The lowest BCUT2D eigenvalue weighted by Crippen LogP contribution is -2.43. The summed E-state index contributed by atoms with van der Waals surface area (Å²) in [5.74, 6) is -1.33. The molecule has 132 valence electrons. The number of aromatic nitrogens is 2. The van der Waals surface area contributed by atoms with Crippen LogP contribution >= 0.6 is 11.5 Å². The molecule has 0 unspecified atom stereocenters. The maximum atomic E-state index is 12.0. The van der Waals surface area contributed by atoms with Crippen molar-refractivity contribution < 1.29 is 19.1 Å². The van der Waals surface area contributed by atoms with Gasteiger partial charge in [0.15, 0.2) is 17.3 Å². The lowest BCUT2D eigenvalue weighted by molar-refractivity contribution is -0.128. The molecule has 25 heavy (non-hydrogen) atoms. The quantitative estimate of drug-likeness (QED) is 0.717. The van der Waals surface area contributed by atoms with E-state index in [1.807, 2.05) is 37.3 Å². The molecule has 0 fully saturated rings. The fraction of sp³-hybridized carbons (Fsp3) is 0.353. The van der Waals surface area contributed by atoms with Crippen LogP contribution in [-0.4, -0.2) is 39.9 Å². The second kappa shape index (κ2) is 9.03. The van der Waals surface area contributed by atoms with Crippen LogP contribution in [0.3, 0.4) is 0 Å². The highest BCUT2D eigenvalue weighted by atomic mass is 32.1. The summed E-state index contributed by atoms with van der Waals surface area (Å²) < 4.78 is 8.69. The molecule has 1 aromatic carbocycles. The van der Waals surface area contributed by atoms with Gasteiger partial charge in [-0.25, -0.2) is 4.79 Å². The molecule has 0 aliphatic rings. The molecule has 2 rings (SSSR count). The number of rotatable bonds is 8. The Morgan fingerprint density at radius 2 is 1.96 bits per heavy atom. The Balaban J connectivity index is 1.89. The van der Waals surface area contributed by atoms with Gasteiger partial charge in [-0.05, 0) is 36.9 Å². The molecule has 0 saturated heterocycles.